The molecule has 6 heteroatoms. The van der Waals surface area contributed by atoms with Gasteiger partial charge in [-0.2, -0.15) is 0 Å². The Kier molecular flexibility index (Phi) is 6.15. The molecule has 1 aliphatic heterocycles. The van der Waals surface area contributed by atoms with Crippen molar-refractivity contribution >= 4 is 40.1 Å². The van der Waals surface area contributed by atoms with Crippen molar-refractivity contribution in [1.29, 1.82) is 0 Å². The molecule has 0 N–H and O–H groups in total. The Morgan fingerprint density at radius 3 is 1.91 bits per heavy atom. The fourth-order valence-corrected chi connectivity index (χ4v) is 4.86. The average Bonchev–Trinajstić information content (AvgIpc) is 3.18. The van der Waals surface area contributed by atoms with Crippen LogP contribution in [-0.2, 0) is 0 Å². The van der Waals surface area contributed by atoms with Crippen LogP contribution in [0.5, 0.6) is 0 Å². The summed E-state index contributed by atoms with van der Waals surface area (Å²) in [7, 11) is 0. The second kappa shape index (κ2) is 9.22. The van der Waals surface area contributed by atoms with Crippen LogP contribution >= 0.6 is 23.2 Å². The summed E-state index contributed by atoms with van der Waals surface area (Å²) in [6.45, 7) is 4.72. The molecule has 2 heterocycles. The molecule has 4 nitrogen and oxygen atoms in total. The fraction of sp³-hybridized carbons (Fsp3) is 0.222. The van der Waals surface area contributed by atoms with Gasteiger partial charge in [-0.1, -0.05) is 65.7 Å². The molecule has 0 bridgehead atoms. The lowest BCUT2D eigenvalue weighted by Crippen LogP contribution is -2.49. The summed E-state index contributed by atoms with van der Waals surface area (Å²) >= 11 is 12.3. The first-order valence-corrected chi connectivity index (χ1v) is 11.8. The minimum atomic E-state index is -0.0436. The van der Waals surface area contributed by atoms with E-state index in [0.717, 1.165) is 40.7 Å². The number of halogens is 2. The molecule has 0 saturated carbocycles. The highest BCUT2D eigenvalue weighted by atomic mass is 35.5. The molecule has 0 aliphatic carbocycles. The van der Waals surface area contributed by atoms with Gasteiger partial charge in [-0.3, -0.25) is 9.69 Å². The van der Waals surface area contributed by atoms with Gasteiger partial charge in [0.2, 0.25) is 0 Å². The van der Waals surface area contributed by atoms with Crippen LogP contribution < -0.4 is 0 Å². The zero-order valence-corrected chi connectivity index (χ0v) is 19.8. The van der Waals surface area contributed by atoms with Crippen molar-refractivity contribution in [3.8, 4) is 0 Å². The summed E-state index contributed by atoms with van der Waals surface area (Å²) in [6.07, 6.45) is 0. The smallest absolute Gasteiger partial charge is 0.289 e. The van der Waals surface area contributed by atoms with Crippen LogP contribution in [0.15, 0.2) is 77.2 Å². The fourth-order valence-electron chi connectivity index (χ4n) is 4.61. The monoisotopic (exact) mass is 478 g/mol. The van der Waals surface area contributed by atoms with Gasteiger partial charge < -0.3 is 9.32 Å². The van der Waals surface area contributed by atoms with E-state index in [9.17, 15) is 4.79 Å². The van der Waals surface area contributed by atoms with E-state index in [4.69, 9.17) is 27.6 Å². The highest BCUT2D eigenvalue weighted by Gasteiger charge is 2.30. The summed E-state index contributed by atoms with van der Waals surface area (Å²) in [6, 6.07) is 23.8. The minimum absolute atomic E-state index is 0.0436. The van der Waals surface area contributed by atoms with Crippen molar-refractivity contribution in [2.45, 2.75) is 13.0 Å². The van der Waals surface area contributed by atoms with Crippen LogP contribution in [0.4, 0.5) is 0 Å². The van der Waals surface area contributed by atoms with Gasteiger partial charge in [0.05, 0.1) is 6.04 Å². The van der Waals surface area contributed by atoms with Gasteiger partial charge in [0, 0.05) is 47.2 Å². The number of fused-ring (bicyclic) bond motifs is 1. The van der Waals surface area contributed by atoms with Gasteiger partial charge in [0.15, 0.2) is 5.76 Å². The zero-order chi connectivity index (χ0) is 22.9. The van der Waals surface area contributed by atoms with E-state index in [1.54, 1.807) is 0 Å². The number of amides is 1. The molecular weight excluding hydrogens is 455 g/mol. The summed E-state index contributed by atoms with van der Waals surface area (Å²) in [5.41, 5.74) is 3.98. The molecule has 0 spiro atoms. The molecule has 1 saturated heterocycles. The molecule has 3 aromatic carbocycles. The normalized spacial score (nSPS) is 14.8. The molecule has 4 aromatic rings. The van der Waals surface area contributed by atoms with Crippen LogP contribution in [-0.4, -0.2) is 41.9 Å². The van der Waals surface area contributed by atoms with Gasteiger partial charge in [0.1, 0.15) is 5.58 Å². The number of carbonyl (C=O) groups excluding carboxylic acids is 1. The van der Waals surface area contributed by atoms with E-state index in [1.807, 2.05) is 60.4 Å². The largest absolute Gasteiger partial charge is 0.451 e. The molecular formula is C27H24Cl2N2O2. The van der Waals surface area contributed by atoms with E-state index in [-0.39, 0.29) is 11.9 Å². The van der Waals surface area contributed by atoms with Gasteiger partial charge in [-0.25, -0.2) is 0 Å². The van der Waals surface area contributed by atoms with Crippen molar-refractivity contribution in [2.24, 2.45) is 0 Å². The Hall–Kier alpha value is -2.79. The van der Waals surface area contributed by atoms with Crippen LogP contribution in [0.25, 0.3) is 11.0 Å². The van der Waals surface area contributed by atoms with Crippen LogP contribution in [0.1, 0.15) is 33.3 Å². The number of hydrogen-bond donors (Lipinski definition) is 0. The zero-order valence-electron chi connectivity index (χ0n) is 18.3. The van der Waals surface area contributed by atoms with Gasteiger partial charge in [-0.15, -0.1) is 0 Å². The van der Waals surface area contributed by atoms with Gasteiger partial charge in [-0.05, 0) is 48.4 Å². The van der Waals surface area contributed by atoms with Crippen molar-refractivity contribution in [1.82, 2.24) is 9.80 Å². The lowest BCUT2D eigenvalue weighted by atomic mass is 9.96. The molecule has 1 amide bonds. The first-order valence-electron chi connectivity index (χ1n) is 11.0. The number of furan rings is 1. The van der Waals surface area contributed by atoms with E-state index in [0.29, 0.717) is 28.9 Å². The molecule has 0 unspecified atom stereocenters. The lowest BCUT2D eigenvalue weighted by molar-refractivity contribution is 0.0569. The molecule has 1 fully saturated rings. The number of para-hydroxylation sites is 1. The van der Waals surface area contributed by atoms with E-state index >= 15 is 0 Å². The predicted molar refractivity (Wildman–Crippen MR) is 133 cm³/mol. The summed E-state index contributed by atoms with van der Waals surface area (Å²) in [5.74, 6) is 0.398. The maximum atomic E-state index is 13.3. The topological polar surface area (TPSA) is 36.7 Å². The Balaban J connectivity index is 1.37. The quantitative estimate of drug-likeness (QED) is 0.331. The Morgan fingerprint density at radius 2 is 1.36 bits per heavy atom. The summed E-state index contributed by atoms with van der Waals surface area (Å²) in [4.78, 5) is 17.6. The molecule has 1 aromatic heterocycles. The molecule has 0 radical (unpaired) electrons. The van der Waals surface area contributed by atoms with Crippen LogP contribution in [0.2, 0.25) is 10.0 Å². The Morgan fingerprint density at radius 1 is 0.818 bits per heavy atom. The van der Waals surface area contributed by atoms with Crippen molar-refractivity contribution in [3.05, 3.63) is 105 Å². The van der Waals surface area contributed by atoms with E-state index < -0.39 is 0 Å². The number of hydrogen-bond acceptors (Lipinski definition) is 3. The highest BCUT2D eigenvalue weighted by molar-refractivity contribution is 6.30. The maximum absolute atomic E-state index is 13.3. The average molecular weight is 479 g/mol. The SMILES string of the molecule is Cc1c(C(=O)N2CCN(C(c3ccc(Cl)cc3)c3ccc(Cl)cc3)CC2)oc2ccccc12. The number of nitrogens with zero attached hydrogens (tertiary/aromatic N) is 2. The highest BCUT2D eigenvalue weighted by Crippen LogP contribution is 2.32. The third kappa shape index (κ3) is 4.39. The number of piperazine rings is 1. The van der Waals surface area contributed by atoms with E-state index in [1.165, 1.54) is 0 Å². The van der Waals surface area contributed by atoms with Crippen molar-refractivity contribution < 1.29 is 9.21 Å². The molecule has 0 atom stereocenters. The Bertz CT molecular complexity index is 1230. The minimum Gasteiger partial charge on any atom is -0.451 e. The molecule has 5 rings (SSSR count). The molecule has 1 aliphatic rings. The molecule has 33 heavy (non-hydrogen) atoms. The Labute approximate surface area is 203 Å². The van der Waals surface area contributed by atoms with Crippen molar-refractivity contribution in [2.75, 3.05) is 26.2 Å². The number of benzene rings is 3. The second-order valence-electron chi connectivity index (χ2n) is 8.39. The summed E-state index contributed by atoms with van der Waals surface area (Å²) in [5, 5.41) is 2.42. The summed E-state index contributed by atoms with van der Waals surface area (Å²) < 4.78 is 5.92. The number of aryl methyl sites for hydroxylation is 1. The van der Waals surface area contributed by atoms with Crippen molar-refractivity contribution in [3.63, 3.8) is 0 Å². The van der Waals surface area contributed by atoms with Crippen LogP contribution in [0.3, 0.4) is 0 Å². The van der Waals surface area contributed by atoms with Gasteiger partial charge >= 0.3 is 0 Å². The second-order valence-corrected chi connectivity index (χ2v) is 9.26. The third-order valence-corrected chi connectivity index (χ3v) is 6.88. The third-order valence-electron chi connectivity index (χ3n) is 6.38. The van der Waals surface area contributed by atoms with E-state index in [2.05, 4.69) is 29.2 Å². The first kappa shape index (κ1) is 22.0. The molecule has 168 valence electrons. The predicted octanol–water partition coefficient (Wildman–Crippen LogP) is 6.60. The standard InChI is InChI=1S/C27H24Cl2N2O2/c1-18-23-4-2-3-5-24(23)33-26(18)27(32)31-16-14-30(15-17-31)25(19-6-10-21(28)11-7-19)20-8-12-22(29)13-9-20/h2-13,25H,14-17H2,1H3. The number of carbonyl (C=O) groups is 1. The number of rotatable bonds is 4. The first-order chi connectivity index (χ1) is 16.0. The maximum Gasteiger partial charge on any atom is 0.289 e. The van der Waals surface area contributed by atoms with Crippen LogP contribution in [0, 0.1) is 6.92 Å². The lowest BCUT2D eigenvalue weighted by Gasteiger charge is -2.39. The van der Waals surface area contributed by atoms with Gasteiger partial charge in [0.25, 0.3) is 5.91 Å².